The zero-order valence-electron chi connectivity index (χ0n) is 34.2. The fourth-order valence-corrected chi connectivity index (χ4v) is 8.74. The zero-order chi connectivity index (χ0) is 41.0. The van der Waals surface area contributed by atoms with E-state index in [1.54, 1.807) is 4.90 Å². The Hall–Kier alpha value is -5.54. The number of piperazine rings is 1. The van der Waals surface area contributed by atoms with Crippen LogP contribution in [-0.2, 0) is 29.1 Å². The average Bonchev–Trinajstić information content (AvgIpc) is 3.82. The first-order valence-electron chi connectivity index (χ1n) is 21.3. The van der Waals surface area contributed by atoms with E-state index in [4.69, 9.17) is 4.98 Å². The van der Waals surface area contributed by atoms with Crippen molar-refractivity contribution in [3.05, 3.63) is 82.5 Å². The molecule has 4 aromatic rings. The number of fused-ring (bicyclic) bond motifs is 2. The molecule has 5 amide bonds. The van der Waals surface area contributed by atoms with Gasteiger partial charge >= 0.3 is 6.03 Å². The Morgan fingerprint density at radius 1 is 0.949 bits per heavy atom. The molecule has 15 nitrogen and oxygen atoms in total. The number of aromatic nitrogens is 3. The summed E-state index contributed by atoms with van der Waals surface area (Å²) in [5, 5.41) is 23.7. The molecule has 6 heterocycles. The maximum Gasteiger partial charge on any atom is 0.321 e. The number of rotatable bonds is 13. The lowest BCUT2D eigenvalue weighted by molar-refractivity contribution is -0.136. The molecule has 4 aliphatic rings. The summed E-state index contributed by atoms with van der Waals surface area (Å²) < 4.78 is 1.87. The van der Waals surface area contributed by atoms with Crippen LogP contribution in [0.15, 0.2) is 54.7 Å². The summed E-state index contributed by atoms with van der Waals surface area (Å²) in [5.41, 5.74) is 6.60. The molecule has 8 rings (SSSR count). The number of anilines is 3. The third-order valence-electron chi connectivity index (χ3n) is 12.3. The van der Waals surface area contributed by atoms with Crippen LogP contribution in [0.3, 0.4) is 0 Å². The molecule has 0 saturated carbocycles. The van der Waals surface area contributed by atoms with E-state index in [-0.39, 0.29) is 42.2 Å². The van der Waals surface area contributed by atoms with Crippen molar-refractivity contribution in [2.24, 2.45) is 0 Å². The first kappa shape index (κ1) is 40.2. The van der Waals surface area contributed by atoms with Crippen molar-refractivity contribution in [1.82, 2.24) is 34.6 Å². The number of amides is 5. The zero-order valence-corrected chi connectivity index (χ0v) is 34.2. The van der Waals surface area contributed by atoms with Gasteiger partial charge in [-0.3, -0.25) is 24.6 Å². The molecule has 2 aromatic carbocycles. The van der Waals surface area contributed by atoms with Gasteiger partial charge in [-0.1, -0.05) is 44.5 Å². The van der Waals surface area contributed by atoms with Gasteiger partial charge in [-0.25, -0.2) is 9.78 Å². The number of carbonyl (C=O) groups is 4. The SMILES string of the molecule is CC(C)c1cnn2c(NCc3ccc(NC(=O)N4CCN(CCCCCc5cccc6c5CN(C5CCC(=O)NC5=O)C6=O)CC4)cc3)cc(N3CCC(O)CC3)nc12. The van der Waals surface area contributed by atoms with Crippen molar-refractivity contribution in [3.8, 4) is 0 Å². The Morgan fingerprint density at radius 2 is 1.73 bits per heavy atom. The minimum atomic E-state index is -0.600. The Morgan fingerprint density at radius 3 is 2.47 bits per heavy atom. The van der Waals surface area contributed by atoms with Crippen LogP contribution in [0.4, 0.5) is 22.1 Å². The van der Waals surface area contributed by atoms with E-state index in [9.17, 15) is 24.3 Å². The molecule has 59 heavy (non-hydrogen) atoms. The lowest BCUT2D eigenvalue weighted by atomic mass is 9.98. The van der Waals surface area contributed by atoms with E-state index in [0.29, 0.717) is 38.2 Å². The number of hydrogen-bond donors (Lipinski definition) is 4. The van der Waals surface area contributed by atoms with Gasteiger partial charge < -0.3 is 30.4 Å². The lowest BCUT2D eigenvalue weighted by Gasteiger charge is -2.34. The summed E-state index contributed by atoms with van der Waals surface area (Å²) in [6, 6.07) is 15.1. The monoisotopic (exact) mass is 804 g/mol. The molecule has 0 bridgehead atoms. The van der Waals surface area contributed by atoms with Crippen LogP contribution in [0.25, 0.3) is 5.65 Å². The topological polar surface area (TPSA) is 168 Å². The van der Waals surface area contributed by atoms with Crippen molar-refractivity contribution < 1.29 is 24.3 Å². The van der Waals surface area contributed by atoms with E-state index < -0.39 is 6.04 Å². The highest BCUT2D eigenvalue weighted by Crippen LogP contribution is 2.31. The van der Waals surface area contributed by atoms with Crippen LogP contribution >= 0.6 is 0 Å². The maximum atomic E-state index is 13.2. The number of nitrogens with one attached hydrogen (secondary N) is 3. The van der Waals surface area contributed by atoms with Crippen molar-refractivity contribution in [3.63, 3.8) is 0 Å². The molecule has 0 aliphatic carbocycles. The molecular weight excluding hydrogens is 749 g/mol. The van der Waals surface area contributed by atoms with Crippen LogP contribution in [0.5, 0.6) is 0 Å². The number of unbranched alkanes of at least 4 members (excludes halogenated alkanes) is 2. The van der Waals surface area contributed by atoms with Crippen LogP contribution in [-0.4, -0.2) is 116 Å². The summed E-state index contributed by atoms with van der Waals surface area (Å²) in [6.45, 7) is 10.8. The van der Waals surface area contributed by atoms with Gasteiger partial charge in [0.15, 0.2) is 5.65 Å². The van der Waals surface area contributed by atoms with Gasteiger partial charge in [0.2, 0.25) is 11.8 Å². The van der Waals surface area contributed by atoms with Crippen molar-refractivity contribution in [2.45, 2.75) is 96.4 Å². The summed E-state index contributed by atoms with van der Waals surface area (Å²) in [4.78, 5) is 63.6. The number of hydrogen-bond acceptors (Lipinski definition) is 10. The Bertz CT molecular complexity index is 2170. The average molecular weight is 805 g/mol. The number of aryl methyl sites for hydroxylation is 1. The normalized spacial score (nSPS) is 19.2. The van der Waals surface area contributed by atoms with Crippen molar-refractivity contribution in [1.29, 1.82) is 0 Å². The van der Waals surface area contributed by atoms with Gasteiger partial charge in [0, 0.05) is 81.7 Å². The van der Waals surface area contributed by atoms with Gasteiger partial charge in [-0.2, -0.15) is 9.61 Å². The predicted molar refractivity (Wildman–Crippen MR) is 225 cm³/mol. The summed E-state index contributed by atoms with van der Waals surface area (Å²) in [7, 11) is 0. The number of aliphatic hydroxyl groups excluding tert-OH is 1. The second-order valence-corrected chi connectivity index (χ2v) is 16.7. The van der Waals surface area contributed by atoms with E-state index >= 15 is 0 Å². The first-order valence-corrected chi connectivity index (χ1v) is 21.3. The van der Waals surface area contributed by atoms with Gasteiger partial charge in [0.05, 0.1) is 12.3 Å². The number of imide groups is 1. The number of piperidine rings is 2. The van der Waals surface area contributed by atoms with Crippen LogP contribution < -0.4 is 20.9 Å². The summed E-state index contributed by atoms with van der Waals surface area (Å²) in [5.74, 6) is 1.23. The van der Waals surface area contributed by atoms with Gasteiger partial charge in [-0.15, -0.1) is 0 Å². The number of benzene rings is 2. The largest absolute Gasteiger partial charge is 0.393 e. The molecule has 1 atom stereocenters. The first-order chi connectivity index (χ1) is 28.6. The minimum absolute atomic E-state index is 0.0860. The smallest absolute Gasteiger partial charge is 0.321 e. The van der Waals surface area contributed by atoms with Crippen LogP contribution in [0.1, 0.15) is 97.3 Å². The Labute approximate surface area is 345 Å². The Balaban J connectivity index is 0.762. The van der Waals surface area contributed by atoms with Crippen molar-refractivity contribution >= 4 is 46.7 Å². The summed E-state index contributed by atoms with van der Waals surface area (Å²) >= 11 is 0. The molecule has 1 unspecified atom stereocenters. The summed E-state index contributed by atoms with van der Waals surface area (Å²) in [6.07, 6.45) is 7.71. The standard InChI is InChI=1S/C44H56N10O5/c1-29(2)35-27-46-54-38(25-39(48-41(35)54)51-19-16-33(55)17-20-51)45-26-30-10-12-32(13-11-30)47-44(59)52-23-21-50(22-24-52)18-5-3-4-7-31-8-6-9-34-36(31)28-53(43(34)58)37-14-15-40(56)49-42(37)57/h6,8-13,25,27,29,33,37,45,55H,3-5,7,14-24,26,28H2,1-2H3,(H,47,59)(H,49,56,57). The van der Waals surface area contributed by atoms with Gasteiger partial charge in [0.25, 0.3) is 5.91 Å². The quantitative estimate of drug-likeness (QED) is 0.109. The molecule has 4 aliphatic heterocycles. The third kappa shape index (κ3) is 9.05. The molecule has 0 radical (unpaired) electrons. The molecule has 4 N–H and O–H groups in total. The van der Waals surface area contributed by atoms with Gasteiger partial charge in [0.1, 0.15) is 17.7 Å². The second kappa shape index (κ2) is 17.8. The number of nitrogens with zero attached hydrogens (tertiary/aromatic N) is 7. The third-order valence-corrected chi connectivity index (χ3v) is 12.3. The van der Waals surface area contributed by atoms with Crippen LogP contribution in [0, 0.1) is 0 Å². The Kier molecular flexibility index (Phi) is 12.1. The van der Waals surface area contributed by atoms with E-state index in [1.165, 1.54) is 0 Å². The fraction of sp³-hybridized carbons (Fsp3) is 0.500. The lowest BCUT2D eigenvalue weighted by Crippen LogP contribution is -2.52. The molecule has 312 valence electrons. The second-order valence-electron chi connectivity index (χ2n) is 16.7. The maximum absolute atomic E-state index is 13.2. The highest BCUT2D eigenvalue weighted by molar-refractivity contribution is 6.05. The number of carbonyl (C=O) groups excluding carboxylic acids is 4. The van der Waals surface area contributed by atoms with Gasteiger partial charge in [-0.05, 0) is 85.9 Å². The van der Waals surface area contributed by atoms with Crippen molar-refractivity contribution in [2.75, 3.05) is 61.3 Å². The molecular formula is C44H56N10O5. The minimum Gasteiger partial charge on any atom is -0.393 e. The van der Waals surface area contributed by atoms with E-state index in [0.717, 1.165) is 116 Å². The number of aliphatic hydroxyl groups is 1. The predicted octanol–water partition coefficient (Wildman–Crippen LogP) is 4.75. The molecule has 3 fully saturated rings. The van der Waals surface area contributed by atoms with E-state index in [2.05, 4.69) is 50.8 Å². The fourth-order valence-electron chi connectivity index (χ4n) is 8.74. The molecule has 0 spiro atoms. The van der Waals surface area contributed by atoms with E-state index in [1.807, 2.05) is 58.1 Å². The highest BCUT2D eigenvalue weighted by Gasteiger charge is 2.39. The van der Waals surface area contributed by atoms with Crippen LogP contribution in [0.2, 0.25) is 0 Å². The molecule has 2 aromatic heterocycles. The molecule has 3 saturated heterocycles. The molecule has 15 heteroatoms. The number of urea groups is 1. The highest BCUT2D eigenvalue weighted by atomic mass is 16.3.